The zero-order valence-electron chi connectivity index (χ0n) is 20.0. The molecule has 0 radical (unpaired) electrons. The number of anilines is 3. The van der Waals surface area contributed by atoms with E-state index in [-0.39, 0.29) is 12.1 Å². The molecule has 180 valence electrons. The summed E-state index contributed by atoms with van der Waals surface area (Å²) in [6, 6.07) is 14.0. The van der Waals surface area contributed by atoms with Crippen LogP contribution in [-0.4, -0.2) is 37.7 Å². The Morgan fingerprint density at radius 2 is 1.77 bits per heavy atom. The summed E-state index contributed by atoms with van der Waals surface area (Å²) in [5.74, 6) is 0.251. The van der Waals surface area contributed by atoms with E-state index in [1.165, 1.54) is 11.1 Å². The van der Waals surface area contributed by atoms with E-state index >= 15 is 0 Å². The minimum Gasteiger partial charge on any atom is -0.393 e. The van der Waals surface area contributed by atoms with Gasteiger partial charge in [-0.15, -0.1) is 0 Å². The molecule has 0 spiro atoms. The largest absolute Gasteiger partial charge is 0.393 e. The van der Waals surface area contributed by atoms with E-state index < -0.39 is 5.91 Å². The molecule has 0 saturated heterocycles. The first-order valence-electron chi connectivity index (χ1n) is 11.9. The quantitative estimate of drug-likeness (QED) is 0.327. The van der Waals surface area contributed by atoms with Crippen molar-refractivity contribution in [1.29, 1.82) is 0 Å². The molecule has 1 amide bonds. The number of aromatic nitrogens is 3. The molecule has 35 heavy (non-hydrogen) atoms. The maximum absolute atomic E-state index is 12.1. The van der Waals surface area contributed by atoms with Gasteiger partial charge in [0.1, 0.15) is 17.8 Å². The molecule has 0 bridgehead atoms. The van der Waals surface area contributed by atoms with Crippen molar-refractivity contribution in [1.82, 2.24) is 14.5 Å². The molecule has 8 nitrogen and oxygen atoms in total. The second-order valence-corrected chi connectivity index (χ2v) is 9.39. The summed E-state index contributed by atoms with van der Waals surface area (Å²) in [5.41, 5.74) is 11.8. The Morgan fingerprint density at radius 1 is 1.03 bits per heavy atom. The van der Waals surface area contributed by atoms with Crippen molar-refractivity contribution < 1.29 is 9.90 Å². The lowest BCUT2D eigenvalue weighted by Gasteiger charge is -2.28. The van der Waals surface area contributed by atoms with Gasteiger partial charge in [-0.25, -0.2) is 9.97 Å². The van der Waals surface area contributed by atoms with Gasteiger partial charge >= 0.3 is 0 Å². The molecular weight excluding hydrogens is 440 g/mol. The number of hydrogen-bond donors (Lipinski definition) is 4. The van der Waals surface area contributed by atoms with E-state index in [1.807, 2.05) is 29.0 Å². The Kier molecular flexibility index (Phi) is 6.13. The van der Waals surface area contributed by atoms with Gasteiger partial charge in [-0.3, -0.25) is 4.79 Å². The highest BCUT2D eigenvalue weighted by Gasteiger charge is 2.21. The number of rotatable bonds is 6. The third kappa shape index (κ3) is 4.83. The molecule has 4 aromatic rings. The van der Waals surface area contributed by atoms with Gasteiger partial charge in [0.25, 0.3) is 5.91 Å². The maximum Gasteiger partial charge on any atom is 0.250 e. The molecule has 5 N–H and O–H groups in total. The monoisotopic (exact) mass is 470 g/mol. The lowest BCUT2D eigenvalue weighted by atomic mass is 9.92. The summed E-state index contributed by atoms with van der Waals surface area (Å²) in [7, 11) is 0. The zero-order chi connectivity index (χ0) is 24.5. The van der Waals surface area contributed by atoms with Crippen molar-refractivity contribution in [2.45, 2.75) is 51.7 Å². The predicted molar refractivity (Wildman–Crippen MR) is 138 cm³/mol. The molecule has 1 saturated carbocycles. The van der Waals surface area contributed by atoms with Crippen LogP contribution in [0.1, 0.15) is 47.2 Å². The smallest absolute Gasteiger partial charge is 0.250 e. The van der Waals surface area contributed by atoms with Gasteiger partial charge in [0.15, 0.2) is 0 Å². The average molecular weight is 471 g/mol. The number of aryl methyl sites for hydroxylation is 2. The lowest BCUT2D eigenvalue weighted by molar-refractivity contribution is 0.100. The van der Waals surface area contributed by atoms with E-state index in [0.29, 0.717) is 11.3 Å². The van der Waals surface area contributed by atoms with E-state index in [0.717, 1.165) is 53.9 Å². The number of carbonyl (C=O) groups is 1. The molecule has 2 heterocycles. The average Bonchev–Trinajstić information content (AvgIpc) is 3.25. The fourth-order valence-electron chi connectivity index (χ4n) is 4.90. The number of benzene rings is 2. The summed E-state index contributed by atoms with van der Waals surface area (Å²) >= 11 is 0. The highest BCUT2D eigenvalue weighted by molar-refractivity contribution is 5.99. The Labute approximate surface area is 204 Å². The number of amides is 1. The highest BCUT2D eigenvalue weighted by Crippen LogP contribution is 2.30. The molecule has 2 aromatic heterocycles. The minimum atomic E-state index is -0.477. The molecule has 2 aromatic carbocycles. The van der Waals surface area contributed by atoms with Gasteiger partial charge in [0.2, 0.25) is 0 Å². The Hall–Kier alpha value is -3.91. The summed E-state index contributed by atoms with van der Waals surface area (Å²) in [6.07, 6.45) is 6.44. The molecule has 0 atom stereocenters. The third-order valence-corrected chi connectivity index (χ3v) is 6.57. The number of nitrogens with two attached hydrogens (primary N) is 1. The fraction of sp³-hybridized carbons (Fsp3) is 0.296. The molecular formula is C27H30N6O2. The van der Waals surface area contributed by atoms with Crippen LogP contribution in [0.4, 0.5) is 17.2 Å². The second-order valence-electron chi connectivity index (χ2n) is 9.39. The highest BCUT2D eigenvalue weighted by atomic mass is 16.3. The number of aliphatic hydroxyl groups excluding tert-OH is 1. The topological polar surface area (TPSA) is 118 Å². The van der Waals surface area contributed by atoms with Crippen LogP contribution >= 0.6 is 0 Å². The van der Waals surface area contributed by atoms with Crippen molar-refractivity contribution in [3.05, 3.63) is 71.7 Å². The van der Waals surface area contributed by atoms with Crippen molar-refractivity contribution >= 4 is 34.1 Å². The number of nitrogens with zero attached hydrogens (tertiary/aromatic N) is 3. The summed E-state index contributed by atoms with van der Waals surface area (Å²) in [5, 5.41) is 17.6. The Bertz CT molecular complexity index is 1370. The van der Waals surface area contributed by atoms with Crippen molar-refractivity contribution in [2.75, 3.05) is 10.6 Å². The first-order valence-corrected chi connectivity index (χ1v) is 11.9. The van der Waals surface area contributed by atoms with Crippen molar-refractivity contribution in [3.8, 4) is 5.69 Å². The van der Waals surface area contributed by atoms with Crippen LogP contribution in [0.3, 0.4) is 0 Å². The lowest BCUT2D eigenvalue weighted by Crippen LogP contribution is -2.29. The molecule has 0 unspecified atom stereocenters. The van der Waals surface area contributed by atoms with Crippen molar-refractivity contribution in [3.63, 3.8) is 0 Å². The first-order chi connectivity index (χ1) is 16.9. The Morgan fingerprint density at radius 3 is 2.49 bits per heavy atom. The van der Waals surface area contributed by atoms with Gasteiger partial charge in [-0.2, -0.15) is 0 Å². The van der Waals surface area contributed by atoms with Crippen LogP contribution in [0, 0.1) is 13.8 Å². The summed E-state index contributed by atoms with van der Waals surface area (Å²) in [6.45, 7) is 4.14. The van der Waals surface area contributed by atoms with E-state index in [1.54, 1.807) is 12.4 Å². The van der Waals surface area contributed by atoms with Gasteiger partial charge in [0.05, 0.1) is 17.1 Å². The maximum atomic E-state index is 12.1. The minimum absolute atomic E-state index is 0.184. The fourth-order valence-corrected chi connectivity index (χ4v) is 4.90. The first kappa shape index (κ1) is 22.9. The van der Waals surface area contributed by atoms with Gasteiger partial charge in [0, 0.05) is 29.3 Å². The third-order valence-electron chi connectivity index (χ3n) is 6.57. The standard InChI is InChI=1S/C27H30N6O2/c1-16-11-17(2)13-19(12-16)32-26-23-9-10-33(27(23)30-15-29-26)20-5-8-22(25(28)35)24(14-20)31-18-3-6-21(34)7-4-18/h5,8-15,18,21,31,34H,3-4,6-7H2,1-2H3,(H2,28,35)(H,29,30,32). The van der Waals surface area contributed by atoms with Gasteiger partial charge in [-0.1, -0.05) is 6.07 Å². The molecule has 8 heteroatoms. The predicted octanol–water partition coefficient (Wildman–Crippen LogP) is 4.60. The molecule has 5 rings (SSSR count). The summed E-state index contributed by atoms with van der Waals surface area (Å²) < 4.78 is 1.98. The van der Waals surface area contributed by atoms with E-state index in [9.17, 15) is 9.90 Å². The number of hydrogen-bond acceptors (Lipinski definition) is 6. The zero-order valence-corrected chi connectivity index (χ0v) is 20.0. The van der Waals surface area contributed by atoms with Crippen LogP contribution in [0.2, 0.25) is 0 Å². The van der Waals surface area contributed by atoms with Crippen LogP contribution in [-0.2, 0) is 0 Å². The number of primary amides is 1. The SMILES string of the molecule is Cc1cc(C)cc(Nc2ncnc3c2ccn3-c2ccc(C(N)=O)c(NC3CCC(O)CC3)c2)c1. The van der Waals surface area contributed by atoms with Crippen LogP contribution in [0.25, 0.3) is 16.7 Å². The number of fused-ring (bicyclic) bond motifs is 1. The van der Waals surface area contributed by atoms with Gasteiger partial charge in [-0.05, 0) is 87.1 Å². The normalized spacial score (nSPS) is 17.9. The van der Waals surface area contributed by atoms with Crippen LogP contribution in [0.5, 0.6) is 0 Å². The number of aliphatic hydroxyl groups is 1. The summed E-state index contributed by atoms with van der Waals surface area (Å²) in [4.78, 5) is 21.1. The molecule has 0 aliphatic heterocycles. The molecule has 1 aliphatic carbocycles. The second kappa shape index (κ2) is 9.38. The molecule has 1 fully saturated rings. The number of carbonyl (C=O) groups excluding carboxylic acids is 1. The van der Waals surface area contributed by atoms with Crippen LogP contribution < -0.4 is 16.4 Å². The van der Waals surface area contributed by atoms with E-state index in [4.69, 9.17) is 5.73 Å². The Balaban J connectivity index is 1.49. The van der Waals surface area contributed by atoms with Crippen molar-refractivity contribution in [2.24, 2.45) is 5.73 Å². The van der Waals surface area contributed by atoms with Gasteiger partial charge < -0.3 is 26.0 Å². The molecule has 1 aliphatic rings. The van der Waals surface area contributed by atoms with E-state index in [2.05, 4.69) is 52.6 Å². The number of nitrogens with one attached hydrogen (secondary N) is 2. The van der Waals surface area contributed by atoms with Crippen LogP contribution in [0.15, 0.2) is 55.0 Å².